The van der Waals surface area contributed by atoms with Crippen molar-refractivity contribution in [3.63, 3.8) is 0 Å². The minimum absolute atomic E-state index is 0.000659. The van der Waals surface area contributed by atoms with Crippen molar-refractivity contribution in [2.45, 2.75) is 32.7 Å². The Hall–Kier alpha value is -1.98. The third-order valence-electron chi connectivity index (χ3n) is 3.71. The molecule has 1 aliphatic heterocycles. The SMILES string of the molecule is CCCCNC(=O)N1CCN(C(=O)c2ccco2)C[C@@H]1C. The van der Waals surface area contributed by atoms with Gasteiger partial charge < -0.3 is 19.5 Å². The molecule has 1 N–H and O–H groups in total. The van der Waals surface area contributed by atoms with E-state index in [-0.39, 0.29) is 18.0 Å². The van der Waals surface area contributed by atoms with Gasteiger partial charge in [-0.1, -0.05) is 13.3 Å². The summed E-state index contributed by atoms with van der Waals surface area (Å²) in [5.74, 6) is 0.237. The van der Waals surface area contributed by atoms with Gasteiger partial charge in [0, 0.05) is 32.2 Å². The van der Waals surface area contributed by atoms with Crippen molar-refractivity contribution in [1.82, 2.24) is 15.1 Å². The molecular formula is C15H23N3O3. The largest absolute Gasteiger partial charge is 0.459 e. The number of nitrogens with zero attached hydrogens (tertiary/aromatic N) is 2. The molecule has 1 saturated heterocycles. The topological polar surface area (TPSA) is 65.8 Å². The molecule has 21 heavy (non-hydrogen) atoms. The molecule has 1 atom stereocenters. The van der Waals surface area contributed by atoms with Gasteiger partial charge >= 0.3 is 6.03 Å². The number of hydrogen-bond acceptors (Lipinski definition) is 3. The van der Waals surface area contributed by atoms with Crippen LogP contribution in [0.3, 0.4) is 0 Å². The summed E-state index contributed by atoms with van der Waals surface area (Å²) in [6.45, 7) is 6.36. The molecule has 0 saturated carbocycles. The van der Waals surface area contributed by atoms with Crippen LogP contribution < -0.4 is 5.32 Å². The fourth-order valence-electron chi connectivity index (χ4n) is 2.47. The Morgan fingerprint density at radius 3 is 2.86 bits per heavy atom. The average molecular weight is 293 g/mol. The predicted octanol–water partition coefficient (Wildman–Crippen LogP) is 1.94. The minimum Gasteiger partial charge on any atom is -0.459 e. The summed E-state index contributed by atoms with van der Waals surface area (Å²) in [5.41, 5.74) is 0. The van der Waals surface area contributed by atoms with E-state index in [2.05, 4.69) is 12.2 Å². The molecule has 1 aromatic rings. The van der Waals surface area contributed by atoms with E-state index < -0.39 is 0 Å². The second-order valence-electron chi connectivity index (χ2n) is 5.36. The van der Waals surface area contributed by atoms with Gasteiger partial charge in [0.1, 0.15) is 0 Å². The molecule has 6 nitrogen and oxygen atoms in total. The van der Waals surface area contributed by atoms with Crippen molar-refractivity contribution >= 4 is 11.9 Å². The third kappa shape index (κ3) is 3.77. The quantitative estimate of drug-likeness (QED) is 0.863. The van der Waals surface area contributed by atoms with Crippen LogP contribution in [0.5, 0.6) is 0 Å². The molecule has 2 heterocycles. The molecule has 0 spiro atoms. The molecule has 1 fully saturated rings. The fraction of sp³-hybridized carbons (Fsp3) is 0.600. The molecule has 2 rings (SSSR count). The number of rotatable bonds is 4. The zero-order chi connectivity index (χ0) is 15.2. The summed E-state index contributed by atoms with van der Waals surface area (Å²) in [4.78, 5) is 27.8. The number of urea groups is 1. The van der Waals surface area contributed by atoms with Gasteiger partial charge in [-0.3, -0.25) is 4.79 Å². The monoisotopic (exact) mass is 293 g/mol. The lowest BCUT2D eigenvalue weighted by atomic mass is 10.2. The molecular weight excluding hydrogens is 270 g/mol. The van der Waals surface area contributed by atoms with E-state index in [0.29, 0.717) is 31.9 Å². The zero-order valence-corrected chi connectivity index (χ0v) is 12.7. The summed E-state index contributed by atoms with van der Waals surface area (Å²) in [7, 11) is 0. The molecule has 0 unspecified atom stereocenters. The van der Waals surface area contributed by atoms with Crippen molar-refractivity contribution in [3.05, 3.63) is 24.2 Å². The molecule has 0 aromatic carbocycles. The van der Waals surface area contributed by atoms with Crippen molar-refractivity contribution in [1.29, 1.82) is 0 Å². The number of furan rings is 1. The van der Waals surface area contributed by atoms with Crippen LogP contribution in [-0.2, 0) is 0 Å². The van der Waals surface area contributed by atoms with Crippen LogP contribution in [-0.4, -0.2) is 54.0 Å². The summed E-state index contributed by atoms with van der Waals surface area (Å²) in [6.07, 6.45) is 3.53. The molecule has 3 amide bonds. The lowest BCUT2D eigenvalue weighted by Crippen LogP contribution is -2.57. The highest BCUT2D eigenvalue weighted by molar-refractivity contribution is 5.91. The molecule has 0 bridgehead atoms. The van der Waals surface area contributed by atoms with Crippen LogP contribution in [0.25, 0.3) is 0 Å². The van der Waals surface area contributed by atoms with Gasteiger partial charge in [-0.05, 0) is 25.5 Å². The lowest BCUT2D eigenvalue weighted by molar-refractivity contribution is 0.0551. The molecule has 0 radical (unpaired) electrons. The van der Waals surface area contributed by atoms with Crippen LogP contribution in [0.15, 0.2) is 22.8 Å². The first-order valence-electron chi connectivity index (χ1n) is 7.50. The second-order valence-corrected chi connectivity index (χ2v) is 5.36. The van der Waals surface area contributed by atoms with Crippen LogP contribution in [0, 0.1) is 0 Å². The molecule has 6 heteroatoms. The Morgan fingerprint density at radius 2 is 2.24 bits per heavy atom. The van der Waals surface area contributed by atoms with Gasteiger partial charge in [-0.2, -0.15) is 0 Å². The summed E-state index contributed by atoms with van der Waals surface area (Å²) in [5, 5.41) is 2.92. The Morgan fingerprint density at radius 1 is 1.43 bits per heavy atom. The summed E-state index contributed by atoms with van der Waals surface area (Å²) < 4.78 is 5.14. The first kappa shape index (κ1) is 15.4. The first-order valence-corrected chi connectivity index (χ1v) is 7.50. The smallest absolute Gasteiger partial charge is 0.317 e. The van der Waals surface area contributed by atoms with Crippen LogP contribution in [0.1, 0.15) is 37.2 Å². The normalized spacial score (nSPS) is 18.7. The maximum absolute atomic E-state index is 12.2. The van der Waals surface area contributed by atoms with Crippen LogP contribution >= 0.6 is 0 Å². The van der Waals surface area contributed by atoms with Gasteiger partial charge in [0.2, 0.25) is 0 Å². The molecule has 1 aromatic heterocycles. The summed E-state index contributed by atoms with van der Waals surface area (Å²) in [6, 6.07) is 3.32. The third-order valence-corrected chi connectivity index (χ3v) is 3.71. The number of piperazine rings is 1. The van der Waals surface area contributed by atoms with Crippen molar-refractivity contribution in [3.8, 4) is 0 Å². The fourth-order valence-corrected chi connectivity index (χ4v) is 2.47. The Kier molecular flexibility index (Phi) is 5.25. The van der Waals surface area contributed by atoms with E-state index in [1.165, 1.54) is 6.26 Å². The Labute approximate surface area is 125 Å². The van der Waals surface area contributed by atoms with E-state index in [9.17, 15) is 9.59 Å². The van der Waals surface area contributed by atoms with E-state index in [1.807, 2.05) is 6.92 Å². The second kappa shape index (κ2) is 7.15. The van der Waals surface area contributed by atoms with Crippen LogP contribution in [0.2, 0.25) is 0 Å². The number of amides is 3. The van der Waals surface area contributed by atoms with E-state index in [1.54, 1.807) is 21.9 Å². The highest BCUT2D eigenvalue weighted by atomic mass is 16.3. The van der Waals surface area contributed by atoms with Crippen molar-refractivity contribution in [2.75, 3.05) is 26.2 Å². The highest BCUT2D eigenvalue weighted by Crippen LogP contribution is 2.13. The number of carbonyl (C=O) groups is 2. The van der Waals surface area contributed by atoms with Gasteiger partial charge in [-0.25, -0.2) is 4.79 Å². The first-order chi connectivity index (χ1) is 10.1. The van der Waals surface area contributed by atoms with Gasteiger partial charge in [-0.15, -0.1) is 0 Å². The Balaban J connectivity index is 1.87. The van der Waals surface area contributed by atoms with E-state index >= 15 is 0 Å². The number of carbonyl (C=O) groups excluding carboxylic acids is 2. The maximum atomic E-state index is 12.2. The number of nitrogens with one attached hydrogen (secondary N) is 1. The Bertz CT molecular complexity index is 473. The average Bonchev–Trinajstić information content (AvgIpc) is 3.00. The number of hydrogen-bond donors (Lipinski definition) is 1. The van der Waals surface area contributed by atoms with E-state index in [4.69, 9.17) is 4.42 Å². The highest BCUT2D eigenvalue weighted by Gasteiger charge is 2.30. The van der Waals surface area contributed by atoms with Crippen molar-refractivity contribution in [2.24, 2.45) is 0 Å². The van der Waals surface area contributed by atoms with Crippen LogP contribution in [0.4, 0.5) is 4.79 Å². The lowest BCUT2D eigenvalue weighted by Gasteiger charge is -2.39. The van der Waals surface area contributed by atoms with Gasteiger partial charge in [0.05, 0.1) is 6.26 Å². The minimum atomic E-state index is -0.113. The molecule has 0 aliphatic carbocycles. The summed E-state index contributed by atoms with van der Waals surface area (Å²) >= 11 is 0. The van der Waals surface area contributed by atoms with E-state index in [0.717, 1.165) is 12.8 Å². The van der Waals surface area contributed by atoms with Gasteiger partial charge in [0.15, 0.2) is 5.76 Å². The standard InChI is InChI=1S/C15H23N3O3/c1-3-4-7-16-15(20)18-9-8-17(11-12(18)2)14(19)13-6-5-10-21-13/h5-6,10,12H,3-4,7-9,11H2,1-2H3,(H,16,20)/t12-/m0/s1. The van der Waals surface area contributed by atoms with Crippen molar-refractivity contribution < 1.29 is 14.0 Å². The molecule has 1 aliphatic rings. The predicted molar refractivity (Wildman–Crippen MR) is 79.1 cm³/mol. The van der Waals surface area contributed by atoms with Gasteiger partial charge in [0.25, 0.3) is 5.91 Å². The maximum Gasteiger partial charge on any atom is 0.317 e. The zero-order valence-electron chi connectivity index (χ0n) is 12.7. The molecule has 116 valence electrons. The number of unbranched alkanes of at least 4 members (excludes halogenated alkanes) is 1.